The molecule has 2 N–H and O–H groups in total. The molecule has 0 bridgehead atoms. The number of carbonyl (C=O) groups is 1. The van der Waals surface area contributed by atoms with E-state index < -0.39 is 0 Å². The van der Waals surface area contributed by atoms with Crippen LogP contribution in [0.4, 0.5) is 0 Å². The van der Waals surface area contributed by atoms with Crippen molar-refractivity contribution in [2.24, 2.45) is 5.73 Å². The third-order valence-electron chi connectivity index (χ3n) is 3.37. The molecule has 1 atom stereocenters. The van der Waals surface area contributed by atoms with Gasteiger partial charge in [0.05, 0.1) is 0 Å². The minimum Gasteiger partial charge on any atom is -0.486 e. The fourth-order valence-corrected chi connectivity index (χ4v) is 2.19. The molecule has 0 aliphatic carbocycles. The fraction of sp³-hybridized carbons (Fsp3) is 0.312. The summed E-state index contributed by atoms with van der Waals surface area (Å²) in [4.78, 5) is 13.8. The summed E-state index contributed by atoms with van der Waals surface area (Å²) in [6.07, 6.45) is 0. The van der Waals surface area contributed by atoms with Crippen LogP contribution < -0.4 is 10.5 Å². The maximum atomic E-state index is 12.2. The predicted molar refractivity (Wildman–Crippen MR) is 95.0 cm³/mol. The Morgan fingerprint density at radius 1 is 1.39 bits per heavy atom. The van der Waals surface area contributed by atoms with Crippen molar-refractivity contribution < 1.29 is 13.9 Å². The summed E-state index contributed by atoms with van der Waals surface area (Å²) in [6.45, 7) is 2.56. The van der Waals surface area contributed by atoms with Crippen LogP contribution in [0.15, 0.2) is 45.3 Å². The maximum Gasteiger partial charge on any atom is 0.289 e. The highest BCUT2D eigenvalue weighted by atomic mass is 79.9. The topological polar surface area (TPSA) is 68.7 Å². The smallest absolute Gasteiger partial charge is 0.289 e. The third kappa shape index (κ3) is 5.27. The molecule has 0 radical (unpaired) electrons. The Hall–Kier alpha value is -1.50. The van der Waals surface area contributed by atoms with E-state index in [2.05, 4.69) is 15.9 Å². The van der Waals surface area contributed by atoms with Gasteiger partial charge >= 0.3 is 0 Å². The Morgan fingerprint density at radius 3 is 2.78 bits per heavy atom. The number of amides is 1. The van der Waals surface area contributed by atoms with Gasteiger partial charge in [-0.3, -0.25) is 4.79 Å². The molecule has 1 unspecified atom stereocenters. The van der Waals surface area contributed by atoms with Crippen LogP contribution in [0.1, 0.15) is 23.2 Å². The quantitative estimate of drug-likeness (QED) is 0.802. The van der Waals surface area contributed by atoms with Crippen LogP contribution in [0, 0.1) is 0 Å². The number of nitrogens with two attached hydrogens (primary N) is 1. The zero-order valence-electron chi connectivity index (χ0n) is 13.0. The largest absolute Gasteiger partial charge is 0.486 e. The lowest BCUT2D eigenvalue weighted by Gasteiger charge is -2.22. The molecule has 1 amide bonds. The van der Waals surface area contributed by atoms with E-state index in [1.165, 1.54) is 0 Å². The average Bonchev–Trinajstić information content (AvgIpc) is 2.99. The molecule has 0 spiro atoms. The number of ether oxygens (including phenoxy) is 1. The molecule has 0 saturated heterocycles. The van der Waals surface area contributed by atoms with Gasteiger partial charge in [0.25, 0.3) is 5.91 Å². The molecule has 1 aromatic carbocycles. The SMILES string of the molecule is CC(CN)N(C)C(=O)c1ccc(COc2cccc(Br)c2)o1.Cl. The van der Waals surface area contributed by atoms with E-state index in [4.69, 9.17) is 14.9 Å². The van der Waals surface area contributed by atoms with Crippen molar-refractivity contribution in [3.8, 4) is 5.75 Å². The standard InChI is InChI=1S/C16H19BrN2O3.ClH/c1-11(9-18)19(2)16(20)15-7-6-14(22-15)10-21-13-5-3-4-12(17)8-13;/h3-8,11H,9-10,18H2,1-2H3;1H. The highest BCUT2D eigenvalue weighted by Gasteiger charge is 2.19. The van der Waals surface area contributed by atoms with Crippen LogP contribution in [0.2, 0.25) is 0 Å². The zero-order valence-corrected chi connectivity index (χ0v) is 15.4. The average molecular weight is 404 g/mol. The van der Waals surface area contributed by atoms with Crippen molar-refractivity contribution in [2.45, 2.75) is 19.6 Å². The number of nitrogens with zero attached hydrogens (tertiary/aromatic N) is 1. The molecule has 1 aromatic heterocycles. The van der Waals surface area contributed by atoms with Crippen LogP contribution in [-0.2, 0) is 6.61 Å². The van der Waals surface area contributed by atoms with Gasteiger partial charge in [-0.1, -0.05) is 22.0 Å². The normalized spacial score (nSPS) is 11.5. The summed E-state index contributed by atoms with van der Waals surface area (Å²) < 4.78 is 12.1. The van der Waals surface area contributed by atoms with Gasteiger partial charge in [0.15, 0.2) is 5.76 Å². The zero-order chi connectivity index (χ0) is 16.1. The van der Waals surface area contributed by atoms with E-state index in [9.17, 15) is 4.79 Å². The monoisotopic (exact) mass is 402 g/mol. The van der Waals surface area contributed by atoms with Crippen LogP contribution in [0.3, 0.4) is 0 Å². The Bertz CT molecular complexity index is 648. The molecular weight excluding hydrogens is 384 g/mol. The first-order chi connectivity index (χ1) is 10.5. The van der Waals surface area contributed by atoms with Gasteiger partial charge in [-0.25, -0.2) is 0 Å². The molecule has 0 saturated carbocycles. The highest BCUT2D eigenvalue weighted by molar-refractivity contribution is 9.10. The molecule has 2 aromatic rings. The van der Waals surface area contributed by atoms with Crippen molar-refractivity contribution in [1.29, 1.82) is 0 Å². The molecule has 0 aliphatic rings. The molecule has 0 aliphatic heterocycles. The lowest BCUT2D eigenvalue weighted by Crippen LogP contribution is -2.39. The fourth-order valence-electron chi connectivity index (χ4n) is 1.81. The Kier molecular flexibility index (Phi) is 7.61. The number of rotatable bonds is 6. The lowest BCUT2D eigenvalue weighted by molar-refractivity contribution is 0.0712. The Labute approximate surface area is 150 Å². The van der Waals surface area contributed by atoms with Gasteiger partial charge in [0.1, 0.15) is 18.1 Å². The number of likely N-dealkylation sites (N-methyl/N-ethyl adjacent to an activating group) is 1. The van der Waals surface area contributed by atoms with Crippen LogP contribution >= 0.6 is 28.3 Å². The number of benzene rings is 1. The van der Waals surface area contributed by atoms with Crippen molar-refractivity contribution in [3.05, 3.63) is 52.4 Å². The first-order valence-corrected chi connectivity index (χ1v) is 7.75. The van der Waals surface area contributed by atoms with Crippen molar-refractivity contribution in [1.82, 2.24) is 4.90 Å². The number of hydrogen-bond donors (Lipinski definition) is 1. The number of hydrogen-bond acceptors (Lipinski definition) is 4. The second-order valence-electron chi connectivity index (χ2n) is 5.01. The minimum atomic E-state index is -0.188. The molecule has 7 heteroatoms. The summed E-state index contributed by atoms with van der Waals surface area (Å²) in [6, 6.07) is 10.9. The molecule has 1 heterocycles. The van der Waals surface area contributed by atoms with E-state index in [1.807, 2.05) is 31.2 Å². The summed E-state index contributed by atoms with van der Waals surface area (Å²) in [5, 5.41) is 0. The van der Waals surface area contributed by atoms with Gasteiger partial charge in [-0.05, 0) is 37.3 Å². The van der Waals surface area contributed by atoms with Crippen LogP contribution in [0.25, 0.3) is 0 Å². The Morgan fingerprint density at radius 2 is 2.13 bits per heavy atom. The first-order valence-electron chi connectivity index (χ1n) is 6.95. The van der Waals surface area contributed by atoms with Gasteiger partial charge in [-0.2, -0.15) is 0 Å². The second-order valence-corrected chi connectivity index (χ2v) is 5.93. The number of furan rings is 1. The highest BCUT2D eigenvalue weighted by Crippen LogP contribution is 2.19. The molecule has 0 fully saturated rings. The van der Waals surface area contributed by atoms with E-state index in [1.54, 1.807) is 24.1 Å². The predicted octanol–water partition coefficient (Wildman–Crippen LogP) is 3.46. The van der Waals surface area contributed by atoms with Crippen molar-refractivity contribution in [3.63, 3.8) is 0 Å². The first kappa shape index (κ1) is 19.5. The number of halogens is 2. The van der Waals surface area contributed by atoms with E-state index in [0.717, 1.165) is 10.2 Å². The van der Waals surface area contributed by atoms with Crippen LogP contribution in [-0.4, -0.2) is 30.4 Å². The van der Waals surface area contributed by atoms with Gasteiger partial charge in [0, 0.05) is 24.1 Å². The summed E-state index contributed by atoms with van der Waals surface area (Å²) in [5.74, 6) is 1.42. The third-order valence-corrected chi connectivity index (χ3v) is 3.87. The van der Waals surface area contributed by atoms with Gasteiger partial charge in [-0.15, -0.1) is 12.4 Å². The van der Waals surface area contributed by atoms with Gasteiger partial charge < -0.3 is 19.8 Å². The molecule has 126 valence electrons. The van der Waals surface area contributed by atoms with E-state index in [-0.39, 0.29) is 36.7 Å². The molecule has 5 nitrogen and oxygen atoms in total. The van der Waals surface area contributed by atoms with E-state index in [0.29, 0.717) is 12.3 Å². The lowest BCUT2D eigenvalue weighted by atomic mass is 10.3. The second kappa shape index (κ2) is 8.96. The van der Waals surface area contributed by atoms with E-state index >= 15 is 0 Å². The van der Waals surface area contributed by atoms with Crippen molar-refractivity contribution in [2.75, 3.05) is 13.6 Å². The summed E-state index contributed by atoms with van der Waals surface area (Å²) in [5.41, 5.74) is 5.57. The summed E-state index contributed by atoms with van der Waals surface area (Å²) >= 11 is 3.38. The Balaban J connectivity index is 0.00000264. The molecule has 2 rings (SSSR count). The molecular formula is C16H20BrClN2O3. The van der Waals surface area contributed by atoms with Gasteiger partial charge in [0.2, 0.25) is 0 Å². The minimum absolute atomic E-state index is 0. The van der Waals surface area contributed by atoms with Crippen molar-refractivity contribution >= 4 is 34.2 Å². The summed E-state index contributed by atoms with van der Waals surface area (Å²) in [7, 11) is 1.71. The van der Waals surface area contributed by atoms with Crippen LogP contribution in [0.5, 0.6) is 5.75 Å². The number of carbonyl (C=O) groups excluding carboxylic acids is 1. The molecule has 23 heavy (non-hydrogen) atoms. The maximum absolute atomic E-state index is 12.2.